The van der Waals surface area contributed by atoms with Crippen LogP contribution in [0.25, 0.3) is 10.9 Å². The van der Waals surface area contributed by atoms with Gasteiger partial charge in [0.25, 0.3) is 0 Å². The number of carbonyl (C=O) groups excluding carboxylic acids is 4. The molecule has 14 nitrogen and oxygen atoms in total. The van der Waals surface area contributed by atoms with E-state index in [2.05, 4.69) is 25.9 Å². The molecular formula is C33H41N9O5. The van der Waals surface area contributed by atoms with Crippen molar-refractivity contribution >= 4 is 40.5 Å². The minimum absolute atomic E-state index is 0.0505. The summed E-state index contributed by atoms with van der Waals surface area (Å²) in [6.07, 6.45) is 8.17. The minimum Gasteiger partial charge on any atom is -0.508 e. The van der Waals surface area contributed by atoms with Gasteiger partial charge in [-0.05, 0) is 54.8 Å². The second-order valence-electron chi connectivity index (χ2n) is 11.3. The number of carbonyl (C=O) groups is 4. The average molecular weight is 644 g/mol. The largest absolute Gasteiger partial charge is 0.508 e. The van der Waals surface area contributed by atoms with Gasteiger partial charge in [-0.15, -0.1) is 0 Å². The maximum Gasteiger partial charge on any atom is 0.249 e. The summed E-state index contributed by atoms with van der Waals surface area (Å²) < 4.78 is 0. The third-order valence-corrected chi connectivity index (χ3v) is 7.66. The van der Waals surface area contributed by atoms with Crippen molar-refractivity contribution < 1.29 is 24.3 Å². The SMILES string of the molecule is CN1C=CCC(C(=O)N[C@@H](Cc2c[nH]c3ccccc23)C(=O)N[C@@H](CCCN=C(N)N)C(=O)N[C@@H](Cc2ccc(O)cc2)C(N)=O)=C1. The molecule has 0 bridgehead atoms. The number of nitrogens with two attached hydrogens (primary N) is 3. The molecule has 0 saturated carbocycles. The van der Waals surface area contributed by atoms with Gasteiger partial charge in [-0.1, -0.05) is 36.4 Å². The Morgan fingerprint density at radius 1 is 0.936 bits per heavy atom. The molecule has 248 valence electrons. The molecule has 3 atom stereocenters. The van der Waals surface area contributed by atoms with Gasteiger partial charge in [-0.2, -0.15) is 0 Å². The van der Waals surface area contributed by atoms with Crippen LogP contribution in [0.2, 0.25) is 0 Å². The Morgan fingerprint density at radius 2 is 1.64 bits per heavy atom. The number of rotatable bonds is 15. The number of nitrogens with one attached hydrogen (secondary N) is 4. The quantitative estimate of drug-likeness (QED) is 0.0654. The van der Waals surface area contributed by atoms with Crippen LogP contribution in [-0.2, 0) is 32.0 Å². The number of aromatic amines is 1. The number of para-hydroxylation sites is 1. The third-order valence-electron chi connectivity index (χ3n) is 7.66. The maximum atomic E-state index is 13.9. The summed E-state index contributed by atoms with van der Waals surface area (Å²) in [7, 11) is 1.80. The van der Waals surface area contributed by atoms with Gasteiger partial charge >= 0.3 is 0 Å². The molecule has 11 N–H and O–H groups in total. The van der Waals surface area contributed by atoms with Gasteiger partial charge in [0.1, 0.15) is 23.9 Å². The van der Waals surface area contributed by atoms with Crippen molar-refractivity contribution in [3.63, 3.8) is 0 Å². The van der Waals surface area contributed by atoms with Crippen molar-refractivity contribution in [1.29, 1.82) is 0 Å². The number of benzene rings is 2. The zero-order valence-electron chi connectivity index (χ0n) is 26.1. The van der Waals surface area contributed by atoms with Crippen molar-refractivity contribution in [2.45, 2.75) is 50.2 Å². The fourth-order valence-corrected chi connectivity index (χ4v) is 5.23. The lowest BCUT2D eigenvalue weighted by atomic mass is 10.0. The van der Waals surface area contributed by atoms with Crippen LogP contribution in [0.1, 0.15) is 30.4 Å². The van der Waals surface area contributed by atoms with E-state index in [0.717, 1.165) is 16.5 Å². The highest BCUT2D eigenvalue weighted by Gasteiger charge is 2.30. The Morgan fingerprint density at radius 3 is 2.34 bits per heavy atom. The smallest absolute Gasteiger partial charge is 0.249 e. The first kappa shape index (κ1) is 34.1. The van der Waals surface area contributed by atoms with Crippen LogP contribution in [0.4, 0.5) is 0 Å². The Kier molecular flexibility index (Phi) is 11.6. The number of phenolic OH excluding ortho intramolecular Hbond substituents is 1. The number of aromatic hydroxyl groups is 1. The molecule has 0 saturated heterocycles. The standard InChI is InChI=1S/C33H41N9O5/c1-42-15-5-6-21(19-42)30(45)41-28(17-22-18-38-25-8-3-2-7-24(22)25)32(47)39-26(9-4-14-37-33(35)36)31(46)40-27(29(34)44)16-20-10-12-23(43)13-11-20/h2-3,5,7-8,10-13,15,18-19,26-28,38,43H,4,6,9,14,16-17H2,1H3,(H2,34,44)(H,39,47)(H,40,46)(H,41,45)(H4,35,36,37)/t26-,27-,28-/m0/s1. The molecule has 14 heteroatoms. The number of aromatic nitrogens is 1. The first-order valence-electron chi connectivity index (χ1n) is 15.2. The van der Waals surface area contributed by atoms with Gasteiger partial charge in [-0.25, -0.2) is 0 Å². The van der Waals surface area contributed by atoms with Crippen LogP contribution in [-0.4, -0.2) is 76.3 Å². The number of allylic oxidation sites excluding steroid dienone is 1. The summed E-state index contributed by atoms with van der Waals surface area (Å²) in [5.74, 6) is -2.50. The van der Waals surface area contributed by atoms with Crippen LogP contribution < -0.4 is 33.2 Å². The molecule has 0 aliphatic carbocycles. The van der Waals surface area contributed by atoms with Crippen molar-refractivity contribution in [2.75, 3.05) is 13.6 Å². The topological polar surface area (TPSA) is 234 Å². The Hall–Kier alpha value is -5.79. The molecule has 0 fully saturated rings. The lowest BCUT2D eigenvalue weighted by molar-refractivity contribution is -0.133. The summed E-state index contributed by atoms with van der Waals surface area (Å²) in [5, 5.41) is 18.8. The van der Waals surface area contributed by atoms with Crippen LogP contribution in [0, 0.1) is 0 Å². The number of nitrogens with zero attached hydrogens (tertiary/aromatic N) is 2. The van der Waals surface area contributed by atoms with E-state index in [1.165, 1.54) is 12.1 Å². The van der Waals surface area contributed by atoms with Gasteiger partial charge in [0.05, 0.1) is 0 Å². The Labute approximate surface area is 272 Å². The van der Waals surface area contributed by atoms with Gasteiger partial charge in [0.15, 0.2) is 5.96 Å². The van der Waals surface area contributed by atoms with Gasteiger partial charge in [-0.3, -0.25) is 24.2 Å². The molecule has 3 aromatic rings. The van der Waals surface area contributed by atoms with Crippen molar-refractivity contribution in [2.24, 2.45) is 22.2 Å². The van der Waals surface area contributed by atoms with Crippen molar-refractivity contribution in [1.82, 2.24) is 25.8 Å². The highest BCUT2D eigenvalue weighted by Crippen LogP contribution is 2.20. The van der Waals surface area contributed by atoms with E-state index in [0.29, 0.717) is 24.0 Å². The molecule has 0 unspecified atom stereocenters. The molecule has 4 amide bonds. The monoisotopic (exact) mass is 643 g/mol. The Bertz CT molecular complexity index is 1670. The van der Waals surface area contributed by atoms with Crippen LogP contribution in [0.5, 0.6) is 5.75 Å². The predicted octanol–water partition coefficient (Wildman–Crippen LogP) is 0.385. The number of H-pyrrole nitrogens is 1. The van der Waals surface area contributed by atoms with Gasteiger partial charge < -0.3 is 48.1 Å². The maximum absolute atomic E-state index is 13.9. The fourth-order valence-electron chi connectivity index (χ4n) is 5.23. The molecule has 4 rings (SSSR count). The average Bonchev–Trinajstić information content (AvgIpc) is 3.45. The molecule has 1 aliphatic heterocycles. The number of phenols is 1. The van der Waals surface area contributed by atoms with Gasteiger partial charge in [0, 0.05) is 55.3 Å². The summed E-state index contributed by atoms with van der Waals surface area (Å²) in [4.78, 5) is 62.1. The normalized spacial score (nSPS) is 14.4. The van der Waals surface area contributed by atoms with Crippen LogP contribution >= 0.6 is 0 Å². The van der Waals surface area contributed by atoms with E-state index >= 15 is 0 Å². The molecule has 0 radical (unpaired) electrons. The summed E-state index contributed by atoms with van der Waals surface area (Å²) in [5.41, 5.74) is 19.3. The predicted molar refractivity (Wildman–Crippen MR) is 178 cm³/mol. The fraction of sp³-hybridized carbons (Fsp3) is 0.303. The first-order valence-corrected chi connectivity index (χ1v) is 15.2. The number of aliphatic imine (C=N–C) groups is 1. The molecule has 0 spiro atoms. The highest BCUT2D eigenvalue weighted by atomic mass is 16.3. The number of hydrogen-bond acceptors (Lipinski definition) is 7. The summed E-state index contributed by atoms with van der Waals surface area (Å²) in [6.45, 7) is 0.194. The molecule has 1 aliphatic rings. The zero-order valence-corrected chi connectivity index (χ0v) is 26.1. The van der Waals surface area contributed by atoms with E-state index in [-0.39, 0.29) is 37.5 Å². The number of primary amides is 1. The van der Waals surface area contributed by atoms with Crippen molar-refractivity contribution in [3.8, 4) is 5.75 Å². The zero-order chi connectivity index (χ0) is 33.9. The molecule has 47 heavy (non-hydrogen) atoms. The van der Waals surface area contributed by atoms with E-state index in [1.807, 2.05) is 36.5 Å². The van der Waals surface area contributed by atoms with E-state index in [1.54, 1.807) is 36.5 Å². The third kappa shape index (κ3) is 9.85. The molecule has 2 aromatic carbocycles. The minimum atomic E-state index is -1.12. The Balaban J connectivity index is 1.56. The lowest BCUT2D eigenvalue weighted by Gasteiger charge is -2.25. The van der Waals surface area contributed by atoms with Gasteiger partial charge in [0.2, 0.25) is 23.6 Å². The number of hydrogen-bond donors (Lipinski definition) is 8. The van der Waals surface area contributed by atoms with E-state index in [9.17, 15) is 24.3 Å². The number of amides is 4. The van der Waals surface area contributed by atoms with Crippen LogP contribution in [0.15, 0.2) is 83.8 Å². The number of guanidine groups is 1. The van der Waals surface area contributed by atoms with E-state index < -0.39 is 41.8 Å². The summed E-state index contributed by atoms with van der Waals surface area (Å²) >= 11 is 0. The second-order valence-corrected chi connectivity index (χ2v) is 11.3. The number of fused-ring (bicyclic) bond motifs is 1. The summed E-state index contributed by atoms with van der Waals surface area (Å²) in [6, 6.07) is 10.5. The second kappa shape index (κ2) is 16.0. The molecule has 2 heterocycles. The first-order chi connectivity index (χ1) is 22.5. The van der Waals surface area contributed by atoms with E-state index in [4.69, 9.17) is 17.2 Å². The van der Waals surface area contributed by atoms with Crippen molar-refractivity contribution in [3.05, 3.63) is 89.9 Å². The molecular weight excluding hydrogens is 602 g/mol. The molecule has 1 aromatic heterocycles. The van der Waals surface area contributed by atoms with Crippen LogP contribution in [0.3, 0.4) is 0 Å². The lowest BCUT2D eigenvalue weighted by Crippen LogP contribution is -2.57. The highest BCUT2D eigenvalue weighted by molar-refractivity contribution is 5.99.